The van der Waals surface area contributed by atoms with Gasteiger partial charge in [-0.2, -0.15) is 0 Å². The number of rotatable bonds is 10. The van der Waals surface area contributed by atoms with Gasteiger partial charge >= 0.3 is 5.97 Å². The minimum atomic E-state index is -4.54. The van der Waals surface area contributed by atoms with Crippen LogP contribution in [0.25, 0.3) is 0 Å². The molecule has 0 spiro atoms. The van der Waals surface area contributed by atoms with Crippen molar-refractivity contribution >= 4 is 27.4 Å². The molecule has 1 amide bonds. The lowest BCUT2D eigenvalue weighted by Gasteiger charge is -2.31. The molecule has 10 heteroatoms. The summed E-state index contributed by atoms with van der Waals surface area (Å²) in [5.74, 6) is -2.29. The highest BCUT2D eigenvalue weighted by atomic mass is 32.2. The van der Waals surface area contributed by atoms with E-state index in [0.29, 0.717) is 25.1 Å². The molecule has 3 aromatic rings. The highest BCUT2D eigenvalue weighted by Crippen LogP contribution is 2.30. The number of pyridine rings is 1. The summed E-state index contributed by atoms with van der Waals surface area (Å²) in [5.41, 5.74) is 3.10. The third kappa shape index (κ3) is 5.81. The quantitative estimate of drug-likeness (QED) is 0.319. The highest BCUT2D eigenvalue weighted by molar-refractivity contribution is 7.93. The molecule has 0 saturated carbocycles. The van der Waals surface area contributed by atoms with Crippen molar-refractivity contribution < 1.29 is 23.1 Å². The fourth-order valence-electron chi connectivity index (χ4n) is 4.30. The average molecular weight is 523 g/mol. The van der Waals surface area contributed by atoms with Crippen LogP contribution in [0.5, 0.6) is 0 Å². The van der Waals surface area contributed by atoms with Gasteiger partial charge in [0, 0.05) is 31.0 Å². The molecule has 0 radical (unpaired) electrons. The number of carboxylic acids is 1. The largest absolute Gasteiger partial charge is 0.479 e. The van der Waals surface area contributed by atoms with Crippen LogP contribution in [-0.4, -0.2) is 47.8 Å². The number of nitrogens with zero attached hydrogens (tertiary/aromatic N) is 1. The van der Waals surface area contributed by atoms with Crippen LogP contribution >= 0.6 is 0 Å². The maximum absolute atomic E-state index is 13.9. The molecule has 1 aromatic heterocycles. The maximum Gasteiger partial charge on any atom is 0.346 e. The minimum absolute atomic E-state index is 0.171. The second kappa shape index (κ2) is 11.1. The smallest absolute Gasteiger partial charge is 0.346 e. The molecule has 2 atom stereocenters. The van der Waals surface area contributed by atoms with Gasteiger partial charge in [-0.1, -0.05) is 29.8 Å². The van der Waals surface area contributed by atoms with Gasteiger partial charge in [0.1, 0.15) is 0 Å². The zero-order valence-electron chi connectivity index (χ0n) is 20.5. The Morgan fingerprint density at radius 2 is 1.70 bits per heavy atom. The van der Waals surface area contributed by atoms with Crippen LogP contribution in [0.4, 0.5) is 5.69 Å². The number of aryl methyl sites for hydroxylation is 1. The lowest BCUT2D eigenvalue weighted by atomic mass is 10.0. The third-order valence-electron chi connectivity index (χ3n) is 6.49. The van der Waals surface area contributed by atoms with E-state index in [2.05, 4.69) is 20.9 Å². The number of amides is 1. The first kappa shape index (κ1) is 26.3. The number of benzene rings is 2. The summed E-state index contributed by atoms with van der Waals surface area (Å²) < 4.78 is 27.7. The van der Waals surface area contributed by atoms with E-state index in [9.17, 15) is 23.1 Å². The molecule has 4 rings (SSSR count). The molecule has 0 aliphatic carbocycles. The Labute approximate surface area is 216 Å². The Balaban J connectivity index is 1.65. The second-order valence-corrected chi connectivity index (χ2v) is 11.3. The molecule has 37 heavy (non-hydrogen) atoms. The molecule has 194 valence electrons. The van der Waals surface area contributed by atoms with Gasteiger partial charge in [-0.15, -0.1) is 0 Å². The van der Waals surface area contributed by atoms with Crippen molar-refractivity contribution in [3.05, 3.63) is 89.7 Å². The van der Waals surface area contributed by atoms with Crippen molar-refractivity contribution in [2.75, 3.05) is 11.9 Å². The fraction of sp³-hybridized carbons (Fsp3) is 0.296. The van der Waals surface area contributed by atoms with E-state index in [-0.39, 0.29) is 4.90 Å². The lowest BCUT2D eigenvalue weighted by molar-refractivity contribution is -0.143. The number of carboxylic acid groups (broad SMARTS) is 1. The summed E-state index contributed by atoms with van der Waals surface area (Å²) in [6.45, 7) is 2.97. The molecule has 9 nitrogen and oxygen atoms in total. The van der Waals surface area contributed by atoms with Crippen LogP contribution in [0.3, 0.4) is 0 Å². The first-order chi connectivity index (χ1) is 17.7. The van der Waals surface area contributed by atoms with Crippen molar-refractivity contribution in [2.45, 2.75) is 48.5 Å². The molecular weight excluding hydrogens is 492 g/mol. The predicted molar refractivity (Wildman–Crippen MR) is 140 cm³/mol. The van der Waals surface area contributed by atoms with Gasteiger partial charge in [0.2, 0.25) is 20.6 Å². The topological polar surface area (TPSA) is 137 Å². The van der Waals surface area contributed by atoms with E-state index < -0.39 is 39.0 Å². The Hall–Kier alpha value is -3.76. The summed E-state index contributed by atoms with van der Waals surface area (Å²) in [6.07, 6.45) is 4.22. The molecule has 2 heterocycles. The van der Waals surface area contributed by atoms with E-state index in [1.54, 1.807) is 55.7 Å². The van der Waals surface area contributed by atoms with Crippen LogP contribution in [0.2, 0.25) is 0 Å². The van der Waals surface area contributed by atoms with E-state index in [4.69, 9.17) is 0 Å². The Morgan fingerprint density at radius 3 is 2.30 bits per heavy atom. The summed E-state index contributed by atoms with van der Waals surface area (Å²) >= 11 is 0. The second-order valence-electron chi connectivity index (χ2n) is 9.17. The molecule has 4 N–H and O–H groups in total. The van der Waals surface area contributed by atoms with E-state index in [0.717, 1.165) is 23.2 Å². The number of carbonyl (C=O) groups is 2. The first-order valence-corrected chi connectivity index (χ1v) is 13.5. The molecule has 1 aliphatic heterocycles. The van der Waals surface area contributed by atoms with Crippen LogP contribution in [-0.2, 0) is 32.4 Å². The SMILES string of the molecule is Cc1ccc(S(=O)(=O)[C@@](Cc2ccc(NCc3ccncc3)cc2)(NC(=O)[C@@H]2CCCN2)C(=O)O)cc1. The van der Waals surface area contributed by atoms with Gasteiger partial charge in [0.25, 0.3) is 0 Å². The highest BCUT2D eigenvalue weighted by Gasteiger charge is 2.54. The van der Waals surface area contributed by atoms with Crippen molar-refractivity contribution in [3.63, 3.8) is 0 Å². The standard InChI is InChI=1S/C27H30N4O5S/c1-19-4-10-23(11-5-19)37(35,36)27(26(33)34,31-25(32)24-3-2-14-29-24)17-20-6-8-22(9-7-20)30-18-21-12-15-28-16-13-21/h4-13,15-16,24,29-30H,2-3,14,17-18H2,1H3,(H,31,32)(H,33,34)/t24-,27+/m0/s1. The molecule has 1 aliphatic rings. The fourth-order valence-corrected chi connectivity index (χ4v) is 6.01. The minimum Gasteiger partial charge on any atom is -0.479 e. The van der Waals surface area contributed by atoms with Crippen LogP contribution in [0, 0.1) is 6.92 Å². The van der Waals surface area contributed by atoms with Crippen LogP contribution in [0.1, 0.15) is 29.5 Å². The zero-order chi connectivity index (χ0) is 26.5. The number of aromatic nitrogens is 1. The molecule has 0 unspecified atom stereocenters. The first-order valence-electron chi connectivity index (χ1n) is 12.0. The van der Waals surface area contributed by atoms with E-state index in [1.165, 1.54) is 12.1 Å². The summed E-state index contributed by atoms with van der Waals surface area (Å²) in [5, 5.41) is 19.1. The third-order valence-corrected chi connectivity index (χ3v) is 8.72. The normalized spacial score (nSPS) is 17.1. The number of nitrogens with one attached hydrogen (secondary N) is 3. The summed E-state index contributed by atoms with van der Waals surface area (Å²) in [4.78, 5) is 27.0. The number of anilines is 1. The number of aliphatic carboxylic acids is 1. The number of hydrogen-bond donors (Lipinski definition) is 4. The van der Waals surface area contributed by atoms with E-state index in [1.807, 2.05) is 12.1 Å². The molecule has 2 aromatic carbocycles. The van der Waals surface area contributed by atoms with Gasteiger partial charge in [0.05, 0.1) is 10.9 Å². The van der Waals surface area contributed by atoms with Gasteiger partial charge in [-0.05, 0) is 73.8 Å². The van der Waals surface area contributed by atoms with Crippen LogP contribution in [0.15, 0.2) is 78.0 Å². The van der Waals surface area contributed by atoms with Crippen molar-refractivity contribution in [1.29, 1.82) is 0 Å². The molecule has 0 bridgehead atoms. The summed E-state index contributed by atoms with van der Waals surface area (Å²) in [7, 11) is -4.54. The monoisotopic (exact) mass is 522 g/mol. The van der Waals surface area contributed by atoms with Crippen molar-refractivity contribution in [1.82, 2.24) is 15.6 Å². The Bertz CT molecular complexity index is 1340. The number of hydrogen-bond acceptors (Lipinski definition) is 7. The van der Waals surface area contributed by atoms with Crippen molar-refractivity contribution in [3.8, 4) is 0 Å². The zero-order valence-corrected chi connectivity index (χ0v) is 21.3. The Morgan fingerprint density at radius 1 is 1.03 bits per heavy atom. The van der Waals surface area contributed by atoms with Gasteiger partial charge in [-0.25, -0.2) is 13.2 Å². The van der Waals surface area contributed by atoms with Gasteiger partial charge < -0.3 is 21.1 Å². The molecule has 1 fully saturated rings. The average Bonchev–Trinajstić information content (AvgIpc) is 3.44. The van der Waals surface area contributed by atoms with Gasteiger partial charge in [0.15, 0.2) is 0 Å². The lowest BCUT2D eigenvalue weighted by Crippen LogP contribution is -2.63. The van der Waals surface area contributed by atoms with Gasteiger partial charge in [-0.3, -0.25) is 9.78 Å². The Kier molecular flexibility index (Phi) is 7.89. The van der Waals surface area contributed by atoms with Crippen molar-refractivity contribution in [2.24, 2.45) is 0 Å². The number of carbonyl (C=O) groups excluding carboxylic acids is 1. The predicted octanol–water partition coefficient (Wildman–Crippen LogP) is 2.67. The van der Waals surface area contributed by atoms with E-state index >= 15 is 0 Å². The number of sulfone groups is 1. The molecular formula is C27H30N4O5S. The van der Waals surface area contributed by atoms with Crippen LogP contribution < -0.4 is 16.0 Å². The molecule has 1 saturated heterocycles. The maximum atomic E-state index is 13.9. The summed E-state index contributed by atoms with van der Waals surface area (Å²) in [6, 6.07) is 15.9.